The van der Waals surface area contributed by atoms with Gasteiger partial charge in [0.2, 0.25) is 5.91 Å². The molecule has 5 nitrogen and oxygen atoms in total. The van der Waals surface area contributed by atoms with Crippen LogP contribution < -0.4 is 11.1 Å². The number of anilines is 1. The van der Waals surface area contributed by atoms with Crippen LogP contribution in [0.1, 0.15) is 44.0 Å². The molecule has 0 aromatic heterocycles. The molecule has 0 aliphatic carbocycles. The molecular weight excluding hydrogens is 424 g/mol. The summed E-state index contributed by atoms with van der Waals surface area (Å²) in [7, 11) is 0. The van der Waals surface area contributed by atoms with Crippen molar-refractivity contribution in [3.05, 3.63) is 113 Å². The lowest BCUT2D eigenvalue weighted by Crippen LogP contribution is -2.27. The summed E-state index contributed by atoms with van der Waals surface area (Å²) in [5.41, 5.74) is 8.57. The molecule has 3 N–H and O–H groups in total. The van der Waals surface area contributed by atoms with Gasteiger partial charge in [-0.1, -0.05) is 72.3 Å². The van der Waals surface area contributed by atoms with Crippen molar-refractivity contribution in [2.45, 2.75) is 26.3 Å². The molecule has 0 aliphatic heterocycles. The summed E-state index contributed by atoms with van der Waals surface area (Å²) in [6.07, 6.45) is 0. The minimum absolute atomic E-state index is 0.0554. The van der Waals surface area contributed by atoms with Crippen molar-refractivity contribution in [2.24, 2.45) is 5.73 Å². The maximum Gasteiger partial charge on any atom is 0.338 e. The van der Waals surface area contributed by atoms with Crippen LogP contribution in [-0.2, 0) is 16.1 Å². The van der Waals surface area contributed by atoms with Crippen LogP contribution in [0.25, 0.3) is 10.8 Å². The molecule has 0 bridgehead atoms. The number of amides is 1. The number of hydrogen-bond donors (Lipinski definition) is 2. The predicted molar refractivity (Wildman–Crippen MR) is 136 cm³/mol. The molecule has 5 heteroatoms. The van der Waals surface area contributed by atoms with Crippen LogP contribution in [0.15, 0.2) is 84.9 Å². The molecule has 0 spiro atoms. The van der Waals surface area contributed by atoms with Gasteiger partial charge in [0, 0.05) is 13.6 Å². The first-order valence-electron chi connectivity index (χ1n) is 12.9. The van der Waals surface area contributed by atoms with E-state index in [0.717, 1.165) is 16.3 Å². The average molecular weight is 457 g/mol. The van der Waals surface area contributed by atoms with Gasteiger partial charge in [0.15, 0.2) is 0 Å². The Morgan fingerprint density at radius 3 is 2.56 bits per heavy atom. The molecule has 1 amide bonds. The lowest BCUT2D eigenvalue weighted by molar-refractivity contribution is -0.117. The van der Waals surface area contributed by atoms with E-state index in [1.807, 2.05) is 19.1 Å². The van der Waals surface area contributed by atoms with Gasteiger partial charge in [-0.15, -0.1) is 0 Å². The zero-order chi connectivity index (χ0) is 27.7. The van der Waals surface area contributed by atoms with E-state index < -0.39 is 24.3 Å². The normalized spacial score (nSPS) is 14.8. The third-order valence-corrected chi connectivity index (χ3v) is 5.50. The van der Waals surface area contributed by atoms with Gasteiger partial charge in [0.25, 0.3) is 0 Å². The van der Waals surface area contributed by atoms with Crippen molar-refractivity contribution in [1.29, 1.82) is 0 Å². The fraction of sp³-hybridized carbons (Fsp3) is 0.172. The molecular formula is C29H28N2O3. The Balaban J connectivity index is 1.53. The van der Waals surface area contributed by atoms with Gasteiger partial charge in [0.05, 0.1) is 15.6 Å². The number of rotatable bonds is 7. The largest absolute Gasteiger partial charge is 0.457 e. The van der Waals surface area contributed by atoms with Gasteiger partial charge < -0.3 is 15.8 Å². The second-order valence-corrected chi connectivity index (χ2v) is 8.00. The van der Waals surface area contributed by atoms with Gasteiger partial charge in [-0.05, 0) is 59.5 Å². The molecule has 34 heavy (non-hydrogen) atoms. The fourth-order valence-corrected chi connectivity index (χ4v) is 3.69. The third kappa shape index (κ3) is 5.33. The summed E-state index contributed by atoms with van der Waals surface area (Å²) < 4.78 is 38.6. The Labute approximate surface area is 205 Å². The van der Waals surface area contributed by atoms with Crippen molar-refractivity contribution in [3.8, 4) is 0 Å². The lowest BCUT2D eigenvalue weighted by atomic mass is 9.97. The zero-order valence-corrected chi connectivity index (χ0v) is 19.0. The van der Waals surface area contributed by atoms with E-state index in [-0.39, 0.29) is 23.2 Å². The van der Waals surface area contributed by atoms with Crippen molar-refractivity contribution in [3.63, 3.8) is 0 Å². The highest BCUT2D eigenvalue weighted by Crippen LogP contribution is 2.22. The molecule has 4 aromatic carbocycles. The third-order valence-electron chi connectivity index (χ3n) is 5.50. The number of nitrogens with two attached hydrogens (primary N) is 1. The van der Waals surface area contributed by atoms with Crippen LogP contribution in [0.4, 0.5) is 5.69 Å². The Morgan fingerprint density at radius 2 is 1.82 bits per heavy atom. The van der Waals surface area contributed by atoms with E-state index in [0.29, 0.717) is 17.3 Å². The summed E-state index contributed by atoms with van der Waals surface area (Å²) >= 11 is 0. The molecule has 172 valence electrons. The second-order valence-electron chi connectivity index (χ2n) is 8.00. The van der Waals surface area contributed by atoms with Gasteiger partial charge in [0.1, 0.15) is 6.56 Å². The van der Waals surface area contributed by atoms with Crippen LogP contribution in [0.5, 0.6) is 0 Å². The Kier molecular flexibility index (Phi) is 5.60. The predicted octanol–water partition coefficient (Wildman–Crippen LogP) is 5.49. The molecule has 0 fully saturated rings. The number of nitrogens with one attached hydrogen (secondary N) is 1. The first kappa shape index (κ1) is 18.5. The maximum atomic E-state index is 13.1. The van der Waals surface area contributed by atoms with Crippen molar-refractivity contribution in [2.75, 3.05) is 11.9 Å². The number of esters is 1. The number of benzene rings is 4. The molecule has 0 aliphatic rings. The second kappa shape index (κ2) is 10.3. The summed E-state index contributed by atoms with van der Waals surface area (Å²) in [4.78, 5) is 25.8. The number of carbonyl (C=O) groups is 2. The highest BCUT2D eigenvalue weighted by molar-refractivity contribution is 5.98. The topological polar surface area (TPSA) is 81.4 Å². The number of hydrogen-bond acceptors (Lipinski definition) is 4. The summed E-state index contributed by atoms with van der Waals surface area (Å²) in [5, 5.41) is 4.25. The quantitative estimate of drug-likeness (QED) is 0.360. The monoisotopic (exact) mass is 456 g/mol. The molecule has 4 rings (SSSR count). The fourth-order valence-electron chi connectivity index (χ4n) is 3.69. The molecule has 4 aromatic rings. The van der Waals surface area contributed by atoms with Crippen molar-refractivity contribution >= 4 is 28.3 Å². The van der Waals surface area contributed by atoms with E-state index in [1.165, 1.54) is 24.3 Å². The van der Waals surface area contributed by atoms with Crippen LogP contribution in [0.3, 0.4) is 0 Å². The van der Waals surface area contributed by atoms with Gasteiger partial charge >= 0.3 is 5.97 Å². The lowest BCUT2D eigenvalue weighted by Gasteiger charge is -2.16. The summed E-state index contributed by atoms with van der Waals surface area (Å²) in [5.74, 6) is -3.30. The first-order valence-corrected chi connectivity index (χ1v) is 10.9. The van der Waals surface area contributed by atoms with Crippen LogP contribution in [0, 0.1) is 13.8 Å². The van der Waals surface area contributed by atoms with Gasteiger partial charge in [-0.25, -0.2) is 4.79 Å². The first-order chi connectivity index (χ1) is 17.9. The van der Waals surface area contributed by atoms with E-state index in [4.69, 9.17) is 16.0 Å². The number of fused-ring (bicyclic) bond motifs is 1. The van der Waals surface area contributed by atoms with Crippen LogP contribution >= 0.6 is 0 Å². The number of carbonyl (C=O) groups excluding carboxylic acids is 2. The minimum atomic E-state index is -2.44. The molecule has 0 unspecified atom stereocenters. The highest BCUT2D eigenvalue weighted by Gasteiger charge is 2.19. The highest BCUT2D eigenvalue weighted by atomic mass is 16.5. The van der Waals surface area contributed by atoms with E-state index in [1.54, 1.807) is 49.4 Å². The maximum absolute atomic E-state index is 13.1. The molecule has 0 saturated carbocycles. The van der Waals surface area contributed by atoms with Crippen molar-refractivity contribution < 1.29 is 19.8 Å². The Bertz CT molecular complexity index is 1520. The Morgan fingerprint density at radius 1 is 1.03 bits per heavy atom. The summed E-state index contributed by atoms with van der Waals surface area (Å²) in [6.45, 7) is 0.887. The summed E-state index contributed by atoms with van der Waals surface area (Å²) in [6, 6.07) is 21.6. The van der Waals surface area contributed by atoms with E-state index >= 15 is 0 Å². The molecule has 0 heterocycles. The zero-order valence-electron chi connectivity index (χ0n) is 23.0. The van der Waals surface area contributed by atoms with Gasteiger partial charge in [-0.3, -0.25) is 4.79 Å². The molecule has 0 radical (unpaired) electrons. The van der Waals surface area contributed by atoms with Gasteiger partial charge in [-0.2, -0.15) is 0 Å². The average Bonchev–Trinajstić information content (AvgIpc) is 2.88. The van der Waals surface area contributed by atoms with Crippen molar-refractivity contribution in [1.82, 2.24) is 0 Å². The van der Waals surface area contributed by atoms with E-state index in [9.17, 15) is 9.59 Å². The number of aryl methyl sites for hydroxylation is 2. The van der Waals surface area contributed by atoms with Crippen LogP contribution in [0.2, 0.25) is 0 Å². The number of ether oxygens (including phenoxy) is 1. The Hall–Kier alpha value is -3.96. The molecule has 0 saturated heterocycles. The SMILES string of the molecule is [2H]c1cccc2cc(NC(=O)[C@@]([2H])(CN)c3ccc(C([2H])([2H])OC(=O)c4ccc(C)cc4C)cc3)ccc12. The van der Waals surface area contributed by atoms with E-state index in [2.05, 4.69) is 5.32 Å². The standard InChI is InChI=1S/C29H28N2O3/c1-19-7-14-26(20(2)15-19)29(33)34-18-21-8-10-23(11-9-21)27(17-30)28(32)31-25-13-12-22-5-3-4-6-24(22)16-25/h3-16,27H,17-18,30H2,1-2H3,(H,31,32)/t27-/m0/s1/i5D,18D2,27D. The molecule has 1 atom stereocenters. The van der Waals surface area contributed by atoms with Crippen LogP contribution in [-0.4, -0.2) is 18.4 Å². The minimum Gasteiger partial charge on any atom is -0.457 e. The smallest absolute Gasteiger partial charge is 0.338 e.